The first-order valence-corrected chi connectivity index (χ1v) is 12.0. The Labute approximate surface area is 223 Å². The molecule has 11 heteroatoms. The van der Waals surface area contributed by atoms with Gasteiger partial charge in [0.1, 0.15) is 11.3 Å². The molecule has 7 nitrogen and oxygen atoms in total. The summed E-state index contributed by atoms with van der Waals surface area (Å²) in [5, 5.41) is 0.144. The van der Waals surface area contributed by atoms with Crippen LogP contribution in [0.25, 0.3) is 22.1 Å². The molecule has 5 rings (SSSR count). The SMILES string of the molecule is O=C(CCCN1C(=O)c2ccccc2C1=O)Oc1ccc2c(=O)c(-c3ccc(Cl)cc3)c(C(F)(F)F)oc2c1. The van der Waals surface area contributed by atoms with Gasteiger partial charge in [0.15, 0.2) is 0 Å². The van der Waals surface area contributed by atoms with E-state index in [1.54, 1.807) is 24.3 Å². The number of esters is 1. The van der Waals surface area contributed by atoms with Gasteiger partial charge in [-0.1, -0.05) is 35.9 Å². The number of nitrogens with zero attached hydrogens (tertiary/aromatic N) is 1. The lowest BCUT2D eigenvalue weighted by Gasteiger charge is -2.14. The lowest BCUT2D eigenvalue weighted by Crippen LogP contribution is -2.31. The largest absolute Gasteiger partial charge is 0.450 e. The topological polar surface area (TPSA) is 93.9 Å². The molecule has 2 heterocycles. The third-order valence-corrected chi connectivity index (χ3v) is 6.38. The minimum Gasteiger partial charge on any atom is -0.450 e. The maximum Gasteiger partial charge on any atom is 0.450 e. The summed E-state index contributed by atoms with van der Waals surface area (Å²) in [6.45, 7) is -0.0174. The summed E-state index contributed by atoms with van der Waals surface area (Å²) in [5.74, 6) is -3.28. The molecular formula is C28H17ClF3NO6. The third-order valence-electron chi connectivity index (χ3n) is 6.13. The number of carbonyl (C=O) groups is 3. The summed E-state index contributed by atoms with van der Waals surface area (Å²) in [4.78, 5) is 51.3. The Balaban J connectivity index is 1.33. The third kappa shape index (κ3) is 5.03. The molecular weight excluding hydrogens is 539 g/mol. The molecule has 1 aromatic heterocycles. The maximum absolute atomic E-state index is 13.8. The van der Waals surface area contributed by atoms with E-state index in [1.807, 2.05) is 0 Å². The molecule has 0 aliphatic carbocycles. The van der Waals surface area contributed by atoms with E-state index in [2.05, 4.69) is 0 Å². The van der Waals surface area contributed by atoms with E-state index in [0.29, 0.717) is 11.1 Å². The zero-order valence-electron chi connectivity index (χ0n) is 19.9. The highest BCUT2D eigenvalue weighted by Crippen LogP contribution is 2.38. The van der Waals surface area contributed by atoms with E-state index in [9.17, 15) is 32.3 Å². The summed E-state index contributed by atoms with van der Waals surface area (Å²) in [7, 11) is 0. The minimum absolute atomic E-state index is 0.0174. The van der Waals surface area contributed by atoms with Crippen molar-refractivity contribution < 1.29 is 36.7 Å². The molecule has 4 aromatic rings. The summed E-state index contributed by atoms with van der Waals surface area (Å²) in [6.07, 6.45) is -5.06. The van der Waals surface area contributed by atoms with Crippen molar-refractivity contribution in [3.05, 3.63) is 98.9 Å². The first-order chi connectivity index (χ1) is 18.5. The highest BCUT2D eigenvalue weighted by atomic mass is 35.5. The molecule has 0 saturated heterocycles. The van der Waals surface area contributed by atoms with Crippen LogP contribution in [0.2, 0.25) is 5.02 Å². The monoisotopic (exact) mass is 555 g/mol. The summed E-state index contributed by atoms with van der Waals surface area (Å²) in [6, 6.07) is 15.2. The van der Waals surface area contributed by atoms with Crippen LogP contribution in [0.4, 0.5) is 13.2 Å². The number of halogens is 4. The first-order valence-electron chi connectivity index (χ1n) is 11.6. The Morgan fingerprint density at radius 2 is 1.56 bits per heavy atom. The van der Waals surface area contributed by atoms with Gasteiger partial charge in [0.05, 0.1) is 22.1 Å². The Hall–Kier alpha value is -4.44. The van der Waals surface area contributed by atoms with Gasteiger partial charge in [-0.05, 0) is 48.4 Å². The van der Waals surface area contributed by atoms with Crippen molar-refractivity contribution in [2.45, 2.75) is 19.0 Å². The molecule has 2 amide bonds. The summed E-state index contributed by atoms with van der Waals surface area (Å²) in [5.41, 5.74) is -1.42. The smallest absolute Gasteiger partial charge is 0.450 e. The molecule has 0 radical (unpaired) electrons. The zero-order chi connectivity index (χ0) is 27.9. The predicted molar refractivity (Wildman–Crippen MR) is 135 cm³/mol. The van der Waals surface area contributed by atoms with E-state index in [0.717, 1.165) is 11.0 Å². The molecule has 0 atom stereocenters. The molecule has 39 heavy (non-hydrogen) atoms. The zero-order valence-corrected chi connectivity index (χ0v) is 20.6. The fourth-order valence-corrected chi connectivity index (χ4v) is 4.45. The number of imide groups is 1. The summed E-state index contributed by atoms with van der Waals surface area (Å²) >= 11 is 5.82. The van der Waals surface area contributed by atoms with Crippen molar-refractivity contribution in [1.82, 2.24) is 4.90 Å². The van der Waals surface area contributed by atoms with Crippen molar-refractivity contribution in [2.75, 3.05) is 6.54 Å². The van der Waals surface area contributed by atoms with Crippen LogP contribution in [0.5, 0.6) is 5.75 Å². The average Bonchev–Trinajstić information content (AvgIpc) is 3.13. The second kappa shape index (κ2) is 10.0. The van der Waals surface area contributed by atoms with Gasteiger partial charge < -0.3 is 9.15 Å². The second-order valence-corrected chi connectivity index (χ2v) is 9.12. The lowest BCUT2D eigenvalue weighted by molar-refractivity contribution is -0.152. The van der Waals surface area contributed by atoms with Crippen LogP contribution in [0, 0.1) is 0 Å². The van der Waals surface area contributed by atoms with Crippen LogP contribution < -0.4 is 10.2 Å². The molecule has 1 aliphatic rings. The van der Waals surface area contributed by atoms with E-state index >= 15 is 0 Å². The molecule has 0 saturated carbocycles. The van der Waals surface area contributed by atoms with Crippen LogP contribution in [0.1, 0.15) is 39.3 Å². The normalized spacial score (nSPS) is 13.2. The van der Waals surface area contributed by atoms with Crippen molar-refractivity contribution in [3.8, 4) is 16.9 Å². The number of alkyl halides is 3. The number of ether oxygens (including phenoxy) is 1. The van der Waals surface area contributed by atoms with Crippen molar-refractivity contribution in [2.24, 2.45) is 0 Å². The number of rotatable bonds is 6. The van der Waals surface area contributed by atoms with E-state index < -0.39 is 46.3 Å². The quantitative estimate of drug-likeness (QED) is 0.162. The van der Waals surface area contributed by atoms with E-state index in [1.165, 1.54) is 36.4 Å². The van der Waals surface area contributed by atoms with Crippen molar-refractivity contribution in [1.29, 1.82) is 0 Å². The van der Waals surface area contributed by atoms with Gasteiger partial charge in [-0.15, -0.1) is 0 Å². The number of hydrogen-bond acceptors (Lipinski definition) is 6. The summed E-state index contributed by atoms with van der Waals surface area (Å²) < 4.78 is 51.9. The number of amides is 2. The van der Waals surface area contributed by atoms with Crippen molar-refractivity contribution in [3.63, 3.8) is 0 Å². The molecule has 0 fully saturated rings. The van der Waals surface area contributed by atoms with Crippen LogP contribution in [0.3, 0.4) is 0 Å². The molecule has 3 aromatic carbocycles. The fourth-order valence-electron chi connectivity index (χ4n) is 4.32. The van der Waals surface area contributed by atoms with Gasteiger partial charge in [-0.2, -0.15) is 13.2 Å². The van der Waals surface area contributed by atoms with Gasteiger partial charge >= 0.3 is 12.1 Å². The van der Waals surface area contributed by atoms with Gasteiger partial charge in [0.25, 0.3) is 11.8 Å². The maximum atomic E-state index is 13.8. The second-order valence-electron chi connectivity index (χ2n) is 8.68. The molecule has 1 aliphatic heterocycles. The molecule has 198 valence electrons. The van der Waals surface area contributed by atoms with E-state index in [-0.39, 0.29) is 41.1 Å². The minimum atomic E-state index is -4.99. The standard InChI is InChI=1S/C28H17ClF3NO6/c29-16-9-7-15(8-10-16)23-24(35)20-12-11-17(14-21(20)39-25(23)28(30,31)32)38-22(34)6-3-13-33-26(36)18-4-1-2-5-19(18)27(33)37/h1-2,4-5,7-12,14H,3,6,13H2. The Kier molecular flexibility index (Phi) is 6.73. The Morgan fingerprint density at radius 3 is 2.18 bits per heavy atom. The molecule has 0 N–H and O–H groups in total. The number of carbonyl (C=O) groups excluding carboxylic acids is 3. The van der Waals surface area contributed by atoms with Crippen LogP contribution in [-0.4, -0.2) is 29.2 Å². The van der Waals surface area contributed by atoms with Gasteiger partial charge in [-0.3, -0.25) is 24.1 Å². The number of hydrogen-bond donors (Lipinski definition) is 0. The number of fused-ring (bicyclic) bond motifs is 2. The van der Waals surface area contributed by atoms with Crippen LogP contribution in [-0.2, 0) is 11.0 Å². The first kappa shape index (κ1) is 26.2. The molecule has 0 bridgehead atoms. The highest BCUT2D eigenvalue weighted by molar-refractivity contribution is 6.30. The van der Waals surface area contributed by atoms with Crippen LogP contribution >= 0.6 is 11.6 Å². The molecule has 0 unspecified atom stereocenters. The lowest BCUT2D eigenvalue weighted by atomic mass is 10.0. The van der Waals surface area contributed by atoms with Gasteiger partial charge in [-0.25, -0.2) is 0 Å². The average molecular weight is 556 g/mol. The van der Waals surface area contributed by atoms with Crippen molar-refractivity contribution >= 4 is 40.4 Å². The Bertz CT molecular complexity index is 1660. The van der Waals surface area contributed by atoms with Gasteiger partial charge in [0, 0.05) is 24.1 Å². The molecule has 0 spiro atoms. The number of benzene rings is 3. The fraction of sp³-hybridized carbons (Fsp3) is 0.143. The predicted octanol–water partition coefficient (Wildman–Crippen LogP) is 6.11. The van der Waals surface area contributed by atoms with Gasteiger partial charge in [0.2, 0.25) is 11.2 Å². The van der Waals surface area contributed by atoms with E-state index in [4.69, 9.17) is 20.8 Å². The highest BCUT2D eigenvalue weighted by Gasteiger charge is 2.39. The van der Waals surface area contributed by atoms with Crippen LogP contribution in [0.15, 0.2) is 75.9 Å². The Morgan fingerprint density at radius 1 is 0.923 bits per heavy atom.